The van der Waals surface area contributed by atoms with Crippen LogP contribution in [0.5, 0.6) is 5.75 Å². The predicted molar refractivity (Wildman–Crippen MR) is 162 cm³/mol. The fourth-order valence-corrected chi connectivity index (χ4v) is 6.57. The lowest BCUT2D eigenvalue weighted by molar-refractivity contribution is -0.385. The number of anilines is 1. The van der Waals surface area contributed by atoms with Crippen molar-refractivity contribution in [2.45, 2.75) is 63.1 Å². The fraction of sp³-hybridized carbons (Fsp3) is 0.355. The first-order valence-electron chi connectivity index (χ1n) is 14.2. The number of rotatable bonds is 12. The summed E-state index contributed by atoms with van der Waals surface area (Å²) in [5.41, 5.74) is 0.0929. The average molecular weight is 627 g/mol. The smallest absolute Gasteiger partial charge is 0.273 e. The summed E-state index contributed by atoms with van der Waals surface area (Å²) in [4.78, 5) is 39.0. The lowest BCUT2D eigenvalue weighted by atomic mass is 10.1. The zero-order valence-electron chi connectivity index (χ0n) is 24.7. The van der Waals surface area contributed by atoms with E-state index in [-0.39, 0.29) is 29.4 Å². The maximum Gasteiger partial charge on any atom is 0.273 e. The summed E-state index contributed by atoms with van der Waals surface area (Å²) in [7, 11) is -3.11. The lowest BCUT2D eigenvalue weighted by Crippen LogP contribution is -2.52. The summed E-state index contributed by atoms with van der Waals surface area (Å²) in [5, 5.41) is 14.6. The number of hydrogen-bond donors (Lipinski definition) is 1. The first-order chi connectivity index (χ1) is 20.9. The van der Waals surface area contributed by atoms with Crippen LogP contribution in [0.1, 0.15) is 43.7 Å². The molecule has 44 heavy (non-hydrogen) atoms. The van der Waals surface area contributed by atoms with Crippen LogP contribution in [0.3, 0.4) is 0 Å². The van der Waals surface area contributed by atoms with Gasteiger partial charge in [-0.1, -0.05) is 37.1 Å². The van der Waals surface area contributed by atoms with Crippen molar-refractivity contribution >= 4 is 33.2 Å². The number of nitrogens with one attached hydrogen (secondary N) is 1. The van der Waals surface area contributed by atoms with Crippen molar-refractivity contribution in [3.63, 3.8) is 0 Å². The van der Waals surface area contributed by atoms with Crippen molar-refractivity contribution in [1.82, 2.24) is 10.2 Å². The molecule has 1 atom stereocenters. The van der Waals surface area contributed by atoms with Crippen LogP contribution in [0.25, 0.3) is 0 Å². The molecular formula is C31H35FN4O7S. The first-order valence-corrected chi connectivity index (χ1v) is 15.6. The highest BCUT2D eigenvalue weighted by atomic mass is 32.2. The van der Waals surface area contributed by atoms with Gasteiger partial charge in [-0.2, -0.15) is 0 Å². The largest absolute Gasteiger partial charge is 0.497 e. The van der Waals surface area contributed by atoms with Crippen molar-refractivity contribution < 1.29 is 32.1 Å². The molecule has 0 aliphatic heterocycles. The first kappa shape index (κ1) is 32.4. The van der Waals surface area contributed by atoms with Crippen molar-refractivity contribution in [3.8, 4) is 5.75 Å². The molecule has 3 aromatic carbocycles. The molecule has 0 radical (unpaired) electrons. The van der Waals surface area contributed by atoms with E-state index in [1.807, 2.05) is 0 Å². The summed E-state index contributed by atoms with van der Waals surface area (Å²) in [6.45, 7) is 1.93. The maximum atomic E-state index is 14.7. The van der Waals surface area contributed by atoms with Crippen LogP contribution in [0.2, 0.25) is 0 Å². The molecule has 1 saturated carbocycles. The van der Waals surface area contributed by atoms with Crippen LogP contribution in [-0.2, 0) is 26.2 Å². The van der Waals surface area contributed by atoms with Gasteiger partial charge in [0.05, 0.1) is 22.6 Å². The molecule has 234 valence electrons. The van der Waals surface area contributed by atoms with Crippen LogP contribution in [0, 0.1) is 22.9 Å². The Labute approximate surface area is 255 Å². The van der Waals surface area contributed by atoms with Gasteiger partial charge in [0, 0.05) is 29.8 Å². The third kappa shape index (κ3) is 7.33. The Morgan fingerprint density at radius 1 is 1.09 bits per heavy atom. The molecule has 3 aromatic rings. The number of carbonyl (C=O) groups is 2. The molecule has 0 saturated heterocycles. The number of nitro benzene ring substituents is 1. The van der Waals surface area contributed by atoms with E-state index >= 15 is 0 Å². The minimum absolute atomic E-state index is 0.0381. The number of ether oxygens (including phenoxy) is 1. The minimum Gasteiger partial charge on any atom is -0.497 e. The zero-order valence-corrected chi connectivity index (χ0v) is 25.6. The van der Waals surface area contributed by atoms with E-state index in [1.165, 1.54) is 75.6 Å². The van der Waals surface area contributed by atoms with E-state index in [0.29, 0.717) is 5.75 Å². The highest BCUT2D eigenvalue weighted by molar-refractivity contribution is 7.92. The third-order valence-electron chi connectivity index (χ3n) is 7.77. The summed E-state index contributed by atoms with van der Waals surface area (Å²) in [6.07, 6.45) is 3.57. The Morgan fingerprint density at radius 3 is 2.36 bits per heavy atom. The Kier molecular flexibility index (Phi) is 10.2. The van der Waals surface area contributed by atoms with Gasteiger partial charge < -0.3 is 15.0 Å². The van der Waals surface area contributed by atoms with E-state index in [1.54, 1.807) is 6.07 Å². The van der Waals surface area contributed by atoms with E-state index < -0.39 is 55.7 Å². The number of halogens is 1. The van der Waals surface area contributed by atoms with Crippen LogP contribution in [0.4, 0.5) is 15.8 Å². The quantitative estimate of drug-likeness (QED) is 0.227. The SMILES string of the molecule is COc1ccc(N(CC(=O)N(Cc2ccccc2F)C(C)C(=O)NC2CCCC2)S(=O)(=O)c2ccc(C)c([N+](=O)[O-])c2)cc1. The minimum atomic E-state index is -4.55. The molecule has 0 aromatic heterocycles. The van der Waals surface area contributed by atoms with Crippen molar-refractivity contribution in [1.29, 1.82) is 0 Å². The number of benzene rings is 3. The molecule has 1 unspecified atom stereocenters. The zero-order chi connectivity index (χ0) is 32.0. The summed E-state index contributed by atoms with van der Waals surface area (Å²) >= 11 is 0. The molecule has 1 aliphatic carbocycles. The Morgan fingerprint density at radius 2 is 1.75 bits per heavy atom. The molecule has 0 bridgehead atoms. The molecule has 13 heteroatoms. The number of nitro groups is 1. The van der Waals surface area contributed by atoms with Crippen molar-refractivity contribution in [3.05, 3.63) is 93.8 Å². The second-order valence-electron chi connectivity index (χ2n) is 10.7. The summed E-state index contributed by atoms with van der Waals surface area (Å²) < 4.78 is 48.8. The molecule has 1 N–H and O–H groups in total. The Balaban J connectivity index is 1.74. The molecule has 11 nitrogen and oxygen atoms in total. The summed E-state index contributed by atoms with van der Waals surface area (Å²) in [6, 6.07) is 14.1. The number of hydrogen-bond acceptors (Lipinski definition) is 7. The number of nitrogens with zero attached hydrogens (tertiary/aromatic N) is 3. The van der Waals surface area contributed by atoms with Crippen LogP contribution in [-0.4, -0.2) is 55.8 Å². The number of amides is 2. The molecule has 0 spiro atoms. The van der Waals surface area contributed by atoms with Crippen LogP contribution < -0.4 is 14.4 Å². The second-order valence-corrected chi connectivity index (χ2v) is 12.6. The van der Waals surface area contributed by atoms with Crippen LogP contribution in [0.15, 0.2) is 71.6 Å². The van der Waals surface area contributed by atoms with Gasteiger partial charge in [-0.25, -0.2) is 12.8 Å². The Hall–Kier alpha value is -4.52. The number of methoxy groups -OCH3 is 1. The van der Waals surface area contributed by atoms with Gasteiger partial charge in [0.2, 0.25) is 11.8 Å². The van der Waals surface area contributed by atoms with E-state index in [9.17, 15) is 32.5 Å². The standard InChI is InChI=1S/C31H35FN4O7S/c1-21-12-17-27(18-29(21)36(39)40)44(41,42)35(25-13-15-26(43-3)16-14-25)20-30(37)34(19-23-8-4-7-11-28(23)32)22(2)31(38)33-24-9-5-6-10-24/h4,7-8,11-18,22,24H,5-6,9-10,19-20H2,1-3H3,(H,33,38). The topological polar surface area (TPSA) is 139 Å². The Bertz CT molecular complexity index is 1630. The van der Waals surface area contributed by atoms with Gasteiger partial charge in [0.1, 0.15) is 24.2 Å². The van der Waals surface area contributed by atoms with E-state index in [0.717, 1.165) is 41.0 Å². The van der Waals surface area contributed by atoms with Gasteiger partial charge >= 0.3 is 0 Å². The molecule has 0 heterocycles. The van der Waals surface area contributed by atoms with Crippen molar-refractivity contribution in [2.24, 2.45) is 0 Å². The average Bonchev–Trinajstić information content (AvgIpc) is 3.52. The normalized spacial score (nSPS) is 14.1. The van der Waals surface area contributed by atoms with Crippen molar-refractivity contribution in [2.75, 3.05) is 18.0 Å². The van der Waals surface area contributed by atoms with Gasteiger partial charge in [0.15, 0.2) is 0 Å². The monoisotopic (exact) mass is 626 g/mol. The second kappa shape index (κ2) is 13.8. The summed E-state index contributed by atoms with van der Waals surface area (Å²) in [5.74, 6) is -1.36. The highest BCUT2D eigenvalue weighted by Crippen LogP contribution is 2.30. The fourth-order valence-electron chi connectivity index (χ4n) is 5.14. The van der Waals surface area contributed by atoms with E-state index in [4.69, 9.17) is 4.74 Å². The van der Waals surface area contributed by atoms with Gasteiger partial charge in [-0.3, -0.25) is 24.0 Å². The lowest BCUT2D eigenvalue weighted by Gasteiger charge is -2.32. The molecule has 1 aliphatic rings. The molecule has 2 amide bonds. The van der Waals surface area contributed by atoms with Gasteiger partial charge in [0.25, 0.3) is 15.7 Å². The molecule has 4 rings (SSSR count). The molecule has 1 fully saturated rings. The molecular weight excluding hydrogens is 591 g/mol. The predicted octanol–water partition coefficient (Wildman–Crippen LogP) is 4.72. The van der Waals surface area contributed by atoms with Gasteiger partial charge in [-0.05, 0) is 63.1 Å². The van der Waals surface area contributed by atoms with Gasteiger partial charge in [-0.15, -0.1) is 0 Å². The third-order valence-corrected chi connectivity index (χ3v) is 9.54. The maximum absolute atomic E-state index is 14.7. The van der Waals surface area contributed by atoms with Crippen LogP contribution >= 0.6 is 0 Å². The number of aryl methyl sites for hydroxylation is 1. The van der Waals surface area contributed by atoms with E-state index in [2.05, 4.69) is 5.32 Å². The number of carbonyl (C=O) groups excluding carboxylic acids is 2. The highest BCUT2D eigenvalue weighted by Gasteiger charge is 2.34. The number of sulfonamides is 1.